The summed E-state index contributed by atoms with van der Waals surface area (Å²) in [7, 11) is 0. The number of nitrogens with one attached hydrogen (secondary N) is 1. The van der Waals surface area contributed by atoms with Crippen LogP contribution in [0.15, 0.2) is 23.1 Å². The third kappa shape index (κ3) is 4.37. The minimum absolute atomic E-state index is 0.170. The minimum atomic E-state index is -0.170. The second-order valence-electron chi connectivity index (χ2n) is 9.03. The minimum Gasteiger partial charge on any atom is -0.341 e. The molecular weight excluding hydrogens is 440 g/mol. The van der Waals surface area contributed by atoms with Gasteiger partial charge in [0, 0.05) is 19.6 Å². The number of aryl methyl sites for hydroxylation is 3. The first-order chi connectivity index (χ1) is 17.0. The molecule has 9 nitrogen and oxygen atoms in total. The highest BCUT2D eigenvalue weighted by atomic mass is 16.1. The lowest BCUT2D eigenvalue weighted by molar-refractivity contribution is 0.642. The molecule has 5 rings (SSSR count). The smallest absolute Gasteiger partial charge is 0.293 e. The van der Waals surface area contributed by atoms with Crippen LogP contribution in [-0.2, 0) is 13.1 Å². The molecule has 4 heterocycles. The van der Waals surface area contributed by atoms with Crippen molar-refractivity contribution in [1.29, 1.82) is 0 Å². The molecule has 9 heteroatoms. The van der Waals surface area contributed by atoms with Crippen molar-refractivity contribution < 1.29 is 0 Å². The second kappa shape index (κ2) is 9.47. The average Bonchev–Trinajstić information content (AvgIpc) is 3.00. The summed E-state index contributed by atoms with van der Waals surface area (Å²) in [5.41, 5.74) is 6.51. The molecule has 0 atom stereocenters. The van der Waals surface area contributed by atoms with Gasteiger partial charge in [0.2, 0.25) is 5.95 Å². The van der Waals surface area contributed by atoms with Gasteiger partial charge >= 0.3 is 0 Å². The number of fused-ring (bicyclic) bond motifs is 2. The largest absolute Gasteiger partial charge is 0.341 e. The Balaban J connectivity index is 1.59. The molecule has 180 valence electrons. The van der Waals surface area contributed by atoms with E-state index in [1.54, 1.807) is 6.20 Å². The van der Waals surface area contributed by atoms with Crippen molar-refractivity contribution in [1.82, 2.24) is 34.6 Å². The Morgan fingerprint density at radius 1 is 1.03 bits per heavy atom. The van der Waals surface area contributed by atoms with Crippen LogP contribution in [0.5, 0.6) is 0 Å². The van der Waals surface area contributed by atoms with Crippen molar-refractivity contribution in [3.63, 3.8) is 0 Å². The maximum Gasteiger partial charge on any atom is 0.293 e. The van der Waals surface area contributed by atoms with Crippen molar-refractivity contribution in [3.8, 4) is 11.8 Å². The van der Waals surface area contributed by atoms with Crippen LogP contribution in [0.2, 0.25) is 0 Å². The number of imidazole rings is 1. The van der Waals surface area contributed by atoms with E-state index in [0.717, 1.165) is 72.1 Å². The highest BCUT2D eigenvalue weighted by Crippen LogP contribution is 2.22. The van der Waals surface area contributed by atoms with E-state index in [1.807, 2.05) is 38.3 Å². The molecule has 0 unspecified atom stereocenters. The van der Waals surface area contributed by atoms with Crippen molar-refractivity contribution >= 4 is 28.0 Å². The van der Waals surface area contributed by atoms with Crippen LogP contribution in [0.25, 0.3) is 22.1 Å². The molecule has 1 N–H and O–H groups in total. The molecule has 0 saturated carbocycles. The van der Waals surface area contributed by atoms with Crippen LogP contribution in [0, 0.1) is 32.6 Å². The molecular formula is C26H30N8O. The van der Waals surface area contributed by atoms with Crippen molar-refractivity contribution in [3.05, 3.63) is 51.2 Å². The lowest BCUT2D eigenvalue weighted by atomic mass is 10.1. The van der Waals surface area contributed by atoms with Gasteiger partial charge in [-0.1, -0.05) is 12.0 Å². The van der Waals surface area contributed by atoms with Gasteiger partial charge in [0.05, 0.1) is 41.7 Å². The van der Waals surface area contributed by atoms with Gasteiger partial charge in [-0.25, -0.2) is 19.6 Å². The Morgan fingerprint density at radius 2 is 1.86 bits per heavy atom. The lowest BCUT2D eigenvalue weighted by Gasteiger charge is -2.21. The maximum absolute atomic E-state index is 13.7. The topological polar surface area (TPSA) is 93.8 Å². The van der Waals surface area contributed by atoms with Gasteiger partial charge in [-0.15, -0.1) is 5.92 Å². The summed E-state index contributed by atoms with van der Waals surface area (Å²) in [5.74, 6) is 6.85. The molecule has 1 saturated heterocycles. The zero-order chi connectivity index (χ0) is 24.5. The Hall–Kier alpha value is -3.77. The summed E-state index contributed by atoms with van der Waals surface area (Å²) < 4.78 is 3.45. The molecule has 1 fully saturated rings. The highest BCUT2D eigenvalue weighted by Gasteiger charge is 2.21. The van der Waals surface area contributed by atoms with E-state index in [9.17, 15) is 4.79 Å². The first-order valence-electron chi connectivity index (χ1n) is 12.0. The fourth-order valence-corrected chi connectivity index (χ4v) is 4.62. The summed E-state index contributed by atoms with van der Waals surface area (Å²) in [6.07, 6.45) is 2.71. The third-order valence-electron chi connectivity index (χ3n) is 6.53. The van der Waals surface area contributed by atoms with Gasteiger partial charge in [0.25, 0.3) is 5.56 Å². The molecule has 0 aliphatic carbocycles. The number of hydrogen-bond acceptors (Lipinski definition) is 7. The van der Waals surface area contributed by atoms with Gasteiger partial charge in [-0.2, -0.15) is 5.10 Å². The van der Waals surface area contributed by atoms with Crippen LogP contribution in [-0.4, -0.2) is 55.5 Å². The number of hydrogen-bond donors (Lipinski definition) is 1. The molecule has 0 amide bonds. The summed E-state index contributed by atoms with van der Waals surface area (Å²) >= 11 is 0. The van der Waals surface area contributed by atoms with E-state index >= 15 is 0 Å². The van der Waals surface area contributed by atoms with E-state index in [2.05, 4.69) is 33.2 Å². The molecule has 0 spiro atoms. The monoisotopic (exact) mass is 470 g/mol. The second-order valence-corrected chi connectivity index (χ2v) is 9.03. The van der Waals surface area contributed by atoms with Crippen LogP contribution in [0.4, 0.5) is 5.95 Å². The molecule has 4 aromatic rings. The zero-order valence-corrected chi connectivity index (χ0v) is 20.7. The van der Waals surface area contributed by atoms with E-state index in [4.69, 9.17) is 15.0 Å². The number of rotatable bonds is 4. The fourth-order valence-electron chi connectivity index (χ4n) is 4.62. The normalized spacial score (nSPS) is 14.2. The van der Waals surface area contributed by atoms with E-state index in [-0.39, 0.29) is 5.56 Å². The van der Waals surface area contributed by atoms with Crippen molar-refractivity contribution in [2.45, 2.75) is 47.2 Å². The van der Waals surface area contributed by atoms with E-state index in [1.165, 1.54) is 4.68 Å². The third-order valence-corrected chi connectivity index (χ3v) is 6.53. The molecule has 1 aliphatic rings. The Morgan fingerprint density at radius 3 is 2.69 bits per heavy atom. The maximum atomic E-state index is 13.7. The molecule has 0 radical (unpaired) electrons. The lowest BCUT2D eigenvalue weighted by Crippen LogP contribution is -2.31. The summed E-state index contributed by atoms with van der Waals surface area (Å²) in [5, 5.41) is 7.89. The number of nitrogens with zero attached hydrogens (tertiary/aromatic N) is 7. The summed E-state index contributed by atoms with van der Waals surface area (Å²) in [6, 6.07) is 4.05. The van der Waals surface area contributed by atoms with Crippen LogP contribution >= 0.6 is 0 Å². The SMILES string of the molecule is CC#CCn1c(N2CCCNCC2)nc2cnn(Cc3cc(C)c4nc(C)c(C)nc4c3)c(=O)c21. The predicted octanol–water partition coefficient (Wildman–Crippen LogP) is 2.33. The predicted molar refractivity (Wildman–Crippen MR) is 138 cm³/mol. The van der Waals surface area contributed by atoms with Crippen molar-refractivity contribution in [2.24, 2.45) is 0 Å². The Kier molecular flexibility index (Phi) is 6.22. The fraction of sp³-hybridized carbons (Fsp3) is 0.423. The van der Waals surface area contributed by atoms with Crippen LogP contribution < -0.4 is 15.8 Å². The van der Waals surface area contributed by atoms with Crippen LogP contribution in [0.3, 0.4) is 0 Å². The Labute approximate surface area is 204 Å². The molecule has 3 aromatic heterocycles. The summed E-state index contributed by atoms with van der Waals surface area (Å²) in [4.78, 5) is 30.1. The Bertz CT molecular complexity index is 1530. The number of aromatic nitrogens is 6. The van der Waals surface area contributed by atoms with E-state index in [0.29, 0.717) is 24.1 Å². The van der Waals surface area contributed by atoms with Crippen molar-refractivity contribution in [2.75, 3.05) is 31.1 Å². The quantitative estimate of drug-likeness (QED) is 0.458. The first kappa shape index (κ1) is 23.0. The number of anilines is 1. The van der Waals surface area contributed by atoms with Gasteiger partial charge < -0.3 is 10.2 Å². The van der Waals surface area contributed by atoms with Gasteiger partial charge in [0.15, 0.2) is 0 Å². The van der Waals surface area contributed by atoms with Gasteiger partial charge in [0.1, 0.15) is 11.0 Å². The standard InChI is InChI=1S/C26H30N8O/c1-5-6-11-33-24-22(31-26(33)32-10-7-8-27-9-12-32)15-28-34(25(24)35)16-20-13-17(2)23-21(14-20)29-18(3)19(4)30-23/h13-15,27H,7-12,16H2,1-4H3. The first-order valence-corrected chi connectivity index (χ1v) is 12.0. The molecule has 1 aliphatic heterocycles. The summed E-state index contributed by atoms with van der Waals surface area (Å²) in [6.45, 7) is 12.1. The molecule has 35 heavy (non-hydrogen) atoms. The van der Waals surface area contributed by atoms with E-state index < -0.39 is 0 Å². The van der Waals surface area contributed by atoms with Gasteiger partial charge in [-0.05, 0) is 57.9 Å². The molecule has 0 bridgehead atoms. The van der Waals surface area contributed by atoms with Gasteiger partial charge in [-0.3, -0.25) is 9.36 Å². The molecule has 1 aromatic carbocycles. The zero-order valence-electron chi connectivity index (χ0n) is 20.7. The average molecular weight is 471 g/mol. The number of benzene rings is 1. The van der Waals surface area contributed by atoms with Crippen LogP contribution in [0.1, 0.15) is 35.9 Å². The highest BCUT2D eigenvalue weighted by molar-refractivity contribution is 5.79.